The number of hydrogen-bond donors (Lipinski definition) is 1. The fraction of sp³-hybridized carbons (Fsp3) is 0.333. The molecule has 2 aliphatic heterocycles. The Labute approximate surface area is 181 Å². The summed E-state index contributed by atoms with van der Waals surface area (Å²) in [5.74, 6) is 0.502. The molecule has 2 fully saturated rings. The van der Waals surface area contributed by atoms with Crippen LogP contribution in [-0.2, 0) is 0 Å². The van der Waals surface area contributed by atoms with Crippen molar-refractivity contribution in [1.29, 1.82) is 0 Å². The minimum absolute atomic E-state index is 0. The number of hydrogen-bond acceptors (Lipinski definition) is 4. The number of para-hydroxylation sites is 1. The predicted molar refractivity (Wildman–Crippen MR) is 120 cm³/mol. The number of fused-ring (bicyclic) bond motifs is 3. The number of rotatable bonds is 2. The summed E-state index contributed by atoms with van der Waals surface area (Å²) in [6, 6.07) is 15.4. The van der Waals surface area contributed by atoms with Gasteiger partial charge in [-0.2, -0.15) is 0 Å². The number of halogens is 1. The molecule has 2 aromatic carbocycles. The van der Waals surface area contributed by atoms with Gasteiger partial charge in [-0.3, -0.25) is 9.59 Å². The van der Waals surface area contributed by atoms with Crippen molar-refractivity contribution in [3.05, 3.63) is 69.9 Å². The number of benzene rings is 2. The molecular weight excluding hydrogens is 400 g/mol. The Kier molecular flexibility index (Phi) is 5.67. The van der Waals surface area contributed by atoms with Gasteiger partial charge in [0.1, 0.15) is 5.76 Å². The first kappa shape index (κ1) is 20.6. The van der Waals surface area contributed by atoms with E-state index >= 15 is 0 Å². The van der Waals surface area contributed by atoms with Crippen LogP contribution in [0.1, 0.15) is 35.2 Å². The van der Waals surface area contributed by atoms with E-state index in [-0.39, 0.29) is 35.8 Å². The summed E-state index contributed by atoms with van der Waals surface area (Å²) in [6.45, 7) is 3.54. The summed E-state index contributed by atoms with van der Waals surface area (Å²) >= 11 is 0. The van der Waals surface area contributed by atoms with Crippen LogP contribution in [0.4, 0.5) is 0 Å². The van der Waals surface area contributed by atoms with E-state index in [9.17, 15) is 9.59 Å². The molecule has 156 valence electrons. The summed E-state index contributed by atoms with van der Waals surface area (Å²) in [5.41, 5.74) is 2.19. The molecule has 2 atom stereocenters. The molecule has 0 radical (unpaired) electrons. The third kappa shape index (κ3) is 3.32. The standard InChI is InChI=1S/C24H24N2O3.ClH/c1-15-21(27)19-8-5-9-20(23(19)29-22(15)16-6-3-2-4-7-16)24(28)26-17-10-11-18(26)14-25-13-12-17;/h2-9,17-18,25H,10-14H2,1H3;1H. The van der Waals surface area contributed by atoms with Gasteiger partial charge in [0.25, 0.3) is 5.91 Å². The largest absolute Gasteiger partial charge is 0.455 e. The molecule has 3 aromatic rings. The van der Waals surface area contributed by atoms with Crippen molar-refractivity contribution in [2.75, 3.05) is 13.1 Å². The van der Waals surface area contributed by atoms with Gasteiger partial charge in [0.15, 0.2) is 11.0 Å². The van der Waals surface area contributed by atoms with Gasteiger partial charge in [-0.25, -0.2) is 0 Å². The third-order valence-electron chi connectivity index (χ3n) is 6.30. The Hall–Kier alpha value is -2.63. The fourth-order valence-electron chi connectivity index (χ4n) is 4.80. The maximum absolute atomic E-state index is 13.6. The topological polar surface area (TPSA) is 62.6 Å². The number of nitrogens with one attached hydrogen (secondary N) is 1. The molecule has 5 rings (SSSR count). The highest BCUT2D eigenvalue weighted by Gasteiger charge is 2.39. The van der Waals surface area contributed by atoms with Gasteiger partial charge in [-0.15, -0.1) is 12.4 Å². The Morgan fingerprint density at radius 1 is 1.03 bits per heavy atom. The first-order valence-electron chi connectivity index (χ1n) is 10.3. The predicted octanol–water partition coefficient (Wildman–Crippen LogP) is 4.16. The molecule has 5 nitrogen and oxygen atoms in total. The van der Waals surface area contributed by atoms with E-state index in [0.717, 1.165) is 37.9 Å². The van der Waals surface area contributed by atoms with Crippen LogP contribution >= 0.6 is 12.4 Å². The number of amides is 1. The molecule has 2 bridgehead atoms. The summed E-state index contributed by atoms with van der Waals surface area (Å²) < 4.78 is 6.26. The highest BCUT2D eigenvalue weighted by Crippen LogP contribution is 2.32. The van der Waals surface area contributed by atoms with Crippen LogP contribution in [0.15, 0.2) is 57.7 Å². The van der Waals surface area contributed by atoms with E-state index in [1.54, 1.807) is 25.1 Å². The van der Waals surface area contributed by atoms with Crippen LogP contribution in [0.25, 0.3) is 22.3 Å². The molecule has 30 heavy (non-hydrogen) atoms. The lowest BCUT2D eigenvalue weighted by atomic mass is 10.0. The molecule has 1 aromatic heterocycles. The first-order valence-corrected chi connectivity index (χ1v) is 10.3. The Morgan fingerprint density at radius 2 is 1.80 bits per heavy atom. The van der Waals surface area contributed by atoms with Crippen molar-refractivity contribution >= 4 is 29.3 Å². The average molecular weight is 425 g/mol. The van der Waals surface area contributed by atoms with E-state index in [4.69, 9.17) is 4.42 Å². The molecule has 1 N–H and O–H groups in total. The first-order chi connectivity index (χ1) is 14.1. The van der Waals surface area contributed by atoms with Crippen molar-refractivity contribution in [2.45, 2.75) is 38.3 Å². The van der Waals surface area contributed by atoms with Gasteiger partial charge >= 0.3 is 0 Å². The molecule has 0 spiro atoms. The molecule has 2 aliphatic rings. The lowest BCUT2D eigenvalue weighted by Gasteiger charge is -2.28. The average Bonchev–Trinajstić information content (AvgIpc) is 3.02. The Morgan fingerprint density at radius 3 is 2.60 bits per heavy atom. The summed E-state index contributed by atoms with van der Waals surface area (Å²) in [7, 11) is 0. The minimum Gasteiger partial charge on any atom is -0.455 e. The van der Waals surface area contributed by atoms with Gasteiger partial charge in [0.05, 0.1) is 10.9 Å². The monoisotopic (exact) mass is 424 g/mol. The zero-order valence-corrected chi connectivity index (χ0v) is 17.7. The quantitative estimate of drug-likeness (QED) is 0.671. The normalized spacial score (nSPS) is 20.6. The van der Waals surface area contributed by atoms with E-state index in [1.165, 1.54) is 0 Å². The molecule has 2 saturated heterocycles. The van der Waals surface area contributed by atoms with Crippen molar-refractivity contribution in [3.8, 4) is 11.3 Å². The van der Waals surface area contributed by atoms with Gasteiger partial charge < -0.3 is 14.6 Å². The maximum atomic E-state index is 13.6. The second kappa shape index (κ2) is 8.25. The van der Waals surface area contributed by atoms with Crippen molar-refractivity contribution in [3.63, 3.8) is 0 Å². The maximum Gasteiger partial charge on any atom is 0.258 e. The molecule has 2 unspecified atom stereocenters. The number of carbonyl (C=O) groups is 1. The number of nitrogens with zero attached hydrogens (tertiary/aromatic N) is 1. The SMILES string of the molecule is Cc1c(-c2ccccc2)oc2c(C(=O)N3C4CCNCC3CC4)cccc2c1=O.Cl. The smallest absolute Gasteiger partial charge is 0.258 e. The molecule has 1 amide bonds. The molecule has 0 aliphatic carbocycles. The fourth-order valence-corrected chi connectivity index (χ4v) is 4.80. The Bertz CT molecular complexity index is 1130. The van der Waals surface area contributed by atoms with E-state index in [1.807, 2.05) is 35.2 Å². The van der Waals surface area contributed by atoms with E-state index < -0.39 is 0 Å². The van der Waals surface area contributed by atoms with E-state index in [2.05, 4.69) is 5.32 Å². The summed E-state index contributed by atoms with van der Waals surface area (Å²) in [6.07, 6.45) is 3.03. The van der Waals surface area contributed by atoms with Crippen LogP contribution in [0, 0.1) is 6.92 Å². The van der Waals surface area contributed by atoms with Gasteiger partial charge in [0, 0.05) is 29.8 Å². The minimum atomic E-state index is -0.0831. The second-order valence-corrected chi connectivity index (χ2v) is 8.02. The highest BCUT2D eigenvalue weighted by molar-refractivity contribution is 6.05. The lowest BCUT2D eigenvalue weighted by Crippen LogP contribution is -2.42. The Balaban J connectivity index is 0.00000218. The second-order valence-electron chi connectivity index (χ2n) is 8.02. The lowest BCUT2D eigenvalue weighted by molar-refractivity contribution is 0.0681. The van der Waals surface area contributed by atoms with Gasteiger partial charge in [-0.1, -0.05) is 36.4 Å². The van der Waals surface area contributed by atoms with Crippen LogP contribution in [0.5, 0.6) is 0 Å². The van der Waals surface area contributed by atoms with Crippen molar-refractivity contribution < 1.29 is 9.21 Å². The van der Waals surface area contributed by atoms with Gasteiger partial charge in [0.2, 0.25) is 0 Å². The zero-order valence-electron chi connectivity index (χ0n) is 16.9. The van der Waals surface area contributed by atoms with E-state index in [0.29, 0.717) is 27.9 Å². The van der Waals surface area contributed by atoms with Crippen LogP contribution in [-0.4, -0.2) is 36.0 Å². The number of carbonyl (C=O) groups excluding carboxylic acids is 1. The third-order valence-corrected chi connectivity index (χ3v) is 6.30. The molecule has 0 saturated carbocycles. The molecular formula is C24H25ClN2O3. The van der Waals surface area contributed by atoms with Gasteiger partial charge in [-0.05, 0) is 44.9 Å². The molecule has 3 heterocycles. The van der Waals surface area contributed by atoms with Crippen molar-refractivity contribution in [1.82, 2.24) is 10.2 Å². The van der Waals surface area contributed by atoms with Crippen LogP contribution in [0.2, 0.25) is 0 Å². The van der Waals surface area contributed by atoms with Crippen molar-refractivity contribution in [2.24, 2.45) is 0 Å². The zero-order chi connectivity index (χ0) is 20.0. The highest BCUT2D eigenvalue weighted by atomic mass is 35.5. The summed E-state index contributed by atoms with van der Waals surface area (Å²) in [4.78, 5) is 28.7. The van der Waals surface area contributed by atoms with Crippen LogP contribution < -0.4 is 10.7 Å². The van der Waals surface area contributed by atoms with Crippen LogP contribution in [0.3, 0.4) is 0 Å². The molecule has 6 heteroatoms. The summed E-state index contributed by atoms with van der Waals surface area (Å²) in [5, 5.41) is 3.90.